The van der Waals surface area contributed by atoms with E-state index in [-0.39, 0.29) is 16.3 Å². The number of rotatable bonds is 3. The molecule has 0 aliphatic heterocycles. The first kappa shape index (κ1) is 11.3. The molecule has 0 atom stereocenters. The summed E-state index contributed by atoms with van der Waals surface area (Å²) in [4.78, 5) is 25.0. The Morgan fingerprint density at radius 1 is 1.35 bits per heavy atom. The number of ketones is 1. The quantitative estimate of drug-likeness (QED) is 0.517. The van der Waals surface area contributed by atoms with Gasteiger partial charge in [-0.25, -0.2) is 0 Å². The maximum Gasteiger partial charge on any atom is 0.282 e. The summed E-state index contributed by atoms with van der Waals surface area (Å²) in [5.74, 6) is -0.469. The number of nitrogens with one attached hydrogen (secondary N) is 1. The fourth-order valence-electron chi connectivity index (χ4n) is 1.50. The molecule has 0 aliphatic carbocycles. The topological polar surface area (TPSA) is 76.0 Å². The number of nitro groups is 1. The van der Waals surface area contributed by atoms with Gasteiger partial charge in [0.25, 0.3) is 5.69 Å². The molecule has 0 unspecified atom stereocenters. The van der Waals surface area contributed by atoms with E-state index in [0.717, 1.165) is 0 Å². The Kier molecular flexibility index (Phi) is 2.93. The van der Waals surface area contributed by atoms with Gasteiger partial charge in [-0.15, -0.1) is 0 Å². The van der Waals surface area contributed by atoms with E-state index in [9.17, 15) is 14.9 Å². The molecule has 0 bridgehead atoms. The summed E-state index contributed by atoms with van der Waals surface area (Å²) in [5.41, 5.74) is -0.0383. The zero-order valence-electron chi connectivity index (χ0n) is 8.51. The minimum Gasteiger partial charge on any atom is -0.367 e. The number of nitrogens with zero attached hydrogens (tertiary/aromatic N) is 1. The van der Waals surface area contributed by atoms with Crippen LogP contribution in [0.4, 0.5) is 5.69 Å². The highest BCUT2D eigenvalue weighted by atomic mass is 35.5. The van der Waals surface area contributed by atoms with Crippen LogP contribution in [0.2, 0.25) is 5.02 Å². The molecule has 6 heteroatoms. The average molecular weight is 251 g/mol. The van der Waals surface area contributed by atoms with Gasteiger partial charge in [0.15, 0.2) is 0 Å². The maximum atomic E-state index is 12.0. The molecular weight excluding hydrogens is 244 g/mol. The Labute approximate surface area is 101 Å². The summed E-state index contributed by atoms with van der Waals surface area (Å²) in [7, 11) is 0. The van der Waals surface area contributed by atoms with Gasteiger partial charge in [-0.2, -0.15) is 0 Å². The van der Waals surface area contributed by atoms with Crippen LogP contribution in [0.15, 0.2) is 36.7 Å². The molecule has 1 aromatic heterocycles. The van der Waals surface area contributed by atoms with Gasteiger partial charge in [0.2, 0.25) is 5.78 Å². The standard InChI is InChI=1S/C11H7ClN2O3/c12-8-2-1-3-9(14(16)17)10(8)11(15)7-4-5-13-6-7/h1-6,13H. The van der Waals surface area contributed by atoms with Crippen LogP contribution in [0.5, 0.6) is 0 Å². The summed E-state index contributed by atoms with van der Waals surface area (Å²) in [6.45, 7) is 0. The fourth-order valence-corrected chi connectivity index (χ4v) is 1.75. The second-order valence-corrected chi connectivity index (χ2v) is 3.73. The van der Waals surface area contributed by atoms with Gasteiger partial charge >= 0.3 is 0 Å². The van der Waals surface area contributed by atoms with Crippen LogP contribution in [0.25, 0.3) is 0 Å². The largest absolute Gasteiger partial charge is 0.367 e. The first-order valence-corrected chi connectivity index (χ1v) is 5.09. The second kappa shape index (κ2) is 4.39. The fraction of sp³-hybridized carbons (Fsp3) is 0. The van der Waals surface area contributed by atoms with E-state index in [2.05, 4.69) is 4.98 Å². The molecule has 0 fully saturated rings. The minimum atomic E-state index is -0.619. The van der Waals surface area contributed by atoms with Gasteiger partial charge in [0.05, 0.1) is 9.95 Å². The molecule has 0 amide bonds. The number of benzene rings is 1. The number of aromatic nitrogens is 1. The molecule has 2 aromatic rings. The number of carbonyl (C=O) groups excluding carboxylic acids is 1. The van der Waals surface area contributed by atoms with Crippen molar-refractivity contribution >= 4 is 23.1 Å². The zero-order chi connectivity index (χ0) is 12.4. The van der Waals surface area contributed by atoms with Gasteiger partial charge in [-0.1, -0.05) is 17.7 Å². The highest BCUT2D eigenvalue weighted by Gasteiger charge is 2.24. The minimum absolute atomic E-state index is 0.0744. The first-order chi connectivity index (χ1) is 8.11. The van der Waals surface area contributed by atoms with Crippen molar-refractivity contribution in [3.63, 3.8) is 0 Å². The van der Waals surface area contributed by atoms with Crippen molar-refractivity contribution in [2.45, 2.75) is 0 Å². The van der Waals surface area contributed by atoms with Crippen molar-refractivity contribution in [3.05, 3.63) is 62.9 Å². The number of H-pyrrole nitrogens is 1. The predicted molar refractivity (Wildman–Crippen MR) is 62.3 cm³/mol. The van der Waals surface area contributed by atoms with Crippen LogP contribution < -0.4 is 0 Å². The highest BCUT2D eigenvalue weighted by molar-refractivity contribution is 6.35. The SMILES string of the molecule is O=C(c1cc[nH]c1)c1c(Cl)cccc1[N+](=O)[O-]. The van der Waals surface area contributed by atoms with Crippen LogP contribution in [0.1, 0.15) is 15.9 Å². The average Bonchev–Trinajstić information content (AvgIpc) is 2.81. The Morgan fingerprint density at radius 3 is 2.71 bits per heavy atom. The monoisotopic (exact) mass is 250 g/mol. The molecule has 0 saturated carbocycles. The number of hydrogen-bond donors (Lipinski definition) is 1. The molecule has 2 rings (SSSR count). The molecular formula is C11H7ClN2O3. The Morgan fingerprint density at radius 2 is 2.12 bits per heavy atom. The van der Waals surface area contributed by atoms with Crippen LogP contribution >= 0.6 is 11.6 Å². The molecule has 1 aromatic carbocycles. The molecule has 1 heterocycles. The predicted octanol–water partition coefficient (Wildman–Crippen LogP) is 2.81. The third kappa shape index (κ3) is 2.05. The number of aromatic amines is 1. The van der Waals surface area contributed by atoms with Gasteiger partial charge in [-0.05, 0) is 12.1 Å². The lowest BCUT2D eigenvalue weighted by atomic mass is 10.0. The van der Waals surface area contributed by atoms with Crippen molar-refractivity contribution < 1.29 is 9.72 Å². The Hall–Kier alpha value is -2.14. The van der Waals surface area contributed by atoms with Crippen molar-refractivity contribution in [2.24, 2.45) is 0 Å². The van der Waals surface area contributed by atoms with E-state index in [0.29, 0.717) is 5.56 Å². The van der Waals surface area contributed by atoms with Gasteiger partial charge in [-0.3, -0.25) is 14.9 Å². The van der Waals surface area contributed by atoms with Gasteiger partial charge < -0.3 is 4.98 Å². The summed E-state index contributed by atoms with van der Waals surface area (Å²) in [6.07, 6.45) is 3.03. The number of halogens is 1. The normalized spacial score (nSPS) is 10.2. The molecule has 0 spiro atoms. The molecule has 1 N–H and O–H groups in total. The molecule has 86 valence electrons. The smallest absolute Gasteiger partial charge is 0.282 e. The first-order valence-electron chi connectivity index (χ1n) is 4.71. The number of nitro benzene ring substituents is 1. The molecule has 0 radical (unpaired) electrons. The van der Waals surface area contributed by atoms with Gasteiger partial charge in [0, 0.05) is 24.0 Å². The molecule has 5 nitrogen and oxygen atoms in total. The molecule has 0 saturated heterocycles. The van der Waals surface area contributed by atoms with Crippen LogP contribution in [0, 0.1) is 10.1 Å². The van der Waals surface area contributed by atoms with Crippen molar-refractivity contribution in [3.8, 4) is 0 Å². The van der Waals surface area contributed by atoms with Crippen LogP contribution in [-0.2, 0) is 0 Å². The lowest BCUT2D eigenvalue weighted by Crippen LogP contribution is -2.05. The van der Waals surface area contributed by atoms with E-state index >= 15 is 0 Å². The van der Waals surface area contributed by atoms with Crippen molar-refractivity contribution in [1.82, 2.24) is 4.98 Å². The lowest BCUT2D eigenvalue weighted by molar-refractivity contribution is -0.385. The van der Waals surface area contributed by atoms with Crippen LogP contribution in [0.3, 0.4) is 0 Å². The summed E-state index contributed by atoms with van der Waals surface area (Å²) in [5, 5.41) is 10.9. The molecule has 0 aliphatic rings. The van der Waals surface area contributed by atoms with E-state index in [1.165, 1.54) is 30.5 Å². The van der Waals surface area contributed by atoms with E-state index in [1.807, 2.05) is 0 Å². The molecule has 17 heavy (non-hydrogen) atoms. The summed E-state index contributed by atoms with van der Waals surface area (Å²) >= 11 is 5.85. The number of hydrogen-bond acceptors (Lipinski definition) is 3. The van der Waals surface area contributed by atoms with E-state index in [1.54, 1.807) is 6.20 Å². The van der Waals surface area contributed by atoms with Crippen LogP contribution in [-0.4, -0.2) is 15.7 Å². The summed E-state index contributed by atoms with van der Waals surface area (Å²) in [6, 6.07) is 5.68. The van der Waals surface area contributed by atoms with Crippen molar-refractivity contribution in [1.29, 1.82) is 0 Å². The van der Waals surface area contributed by atoms with Crippen molar-refractivity contribution in [2.75, 3.05) is 0 Å². The van der Waals surface area contributed by atoms with E-state index < -0.39 is 10.7 Å². The second-order valence-electron chi connectivity index (χ2n) is 3.32. The summed E-state index contributed by atoms with van der Waals surface area (Å²) < 4.78 is 0. The zero-order valence-corrected chi connectivity index (χ0v) is 9.27. The Balaban J connectivity index is 2.59. The van der Waals surface area contributed by atoms with Gasteiger partial charge in [0.1, 0.15) is 5.56 Å². The third-order valence-electron chi connectivity index (χ3n) is 2.28. The highest BCUT2D eigenvalue weighted by Crippen LogP contribution is 2.28. The number of carbonyl (C=O) groups is 1. The lowest BCUT2D eigenvalue weighted by Gasteiger charge is -2.02. The Bertz CT molecular complexity index is 578. The third-order valence-corrected chi connectivity index (χ3v) is 2.59. The van der Waals surface area contributed by atoms with E-state index in [4.69, 9.17) is 11.6 Å². The maximum absolute atomic E-state index is 12.0.